The van der Waals surface area contributed by atoms with Crippen molar-refractivity contribution in [1.29, 1.82) is 0 Å². The number of benzene rings is 1. The molecule has 1 amide bonds. The predicted molar refractivity (Wildman–Crippen MR) is 104 cm³/mol. The van der Waals surface area contributed by atoms with Gasteiger partial charge in [-0.15, -0.1) is 0 Å². The Morgan fingerprint density at radius 2 is 1.97 bits per heavy atom. The molecule has 0 saturated heterocycles. The molecule has 1 aromatic carbocycles. The molecule has 0 bridgehead atoms. The smallest absolute Gasteiger partial charge is 0.278 e. The van der Waals surface area contributed by atoms with Crippen LogP contribution < -0.4 is 5.48 Å². The first-order chi connectivity index (χ1) is 13.8. The molecule has 0 radical (unpaired) electrons. The van der Waals surface area contributed by atoms with Gasteiger partial charge in [-0.3, -0.25) is 15.0 Å². The fourth-order valence-corrected chi connectivity index (χ4v) is 2.82. The summed E-state index contributed by atoms with van der Waals surface area (Å²) >= 11 is 0. The number of hydrogen-bond donors (Lipinski definition) is 3. The number of aliphatic hydroxyl groups is 1. The minimum absolute atomic E-state index is 0.0272. The van der Waals surface area contributed by atoms with Gasteiger partial charge in [-0.1, -0.05) is 35.5 Å². The first-order valence-corrected chi connectivity index (χ1v) is 9.05. The maximum Gasteiger partial charge on any atom is 0.278 e. The van der Waals surface area contributed by atoms with E-state index >= 15 is 0 Å². The number of pyridine rings is 1. The first-order valence-electron chi connectivity index (χ1n) is 9.05. The van der Waals surface area contributed by atoms with E-state index in [-0.39, 0.29) is 12.3 Å². The largest absolute Gasteiger partial charge is 0.383 e. The van der Waals surface area contributed by atoms with E-state index in [0.717, 1.165) is 22.4 Å². The standard InChI is InChI=1S/C21H23N3O5/c1-13-4-9-17(22-11-13)16-7-5-15(6-8-16)12-28-21(3,20(26)23-27)19(25)18-10-14(2)29-24-18/h4-11,19,25,27H,12H2,1-3H3,(H,23,26)/t19-,21-/m0/s1. The van der Waals surface area contributed by atoms with Gasteiger partial charge in [-0.25, -0.2) is 5.48 Å². The Morgan fingerprint density at radius 1 is 1.24 bits per heavy atom. The minimum atomic E-state index is -1.78. The summed E-state index contributed by atoms with van der Waals surface area (Å²) in [6, 6.07) is 12.9. The molecule has 2 heterocycles. The second-order valence-electron chi connectivity index (χ2n) is 7.02. The number of aryl methyl sites for hydroxylation is 2. The van der Waals surface area contributed by atoms with Crippen molar-refractivity contribution in [3.63, 3.8) is 0 Å². The van der Waals surface area contributed by atoms with Crippen molar-refractivity contribution in [2.24, 2.45) is 0 Å². The highest BCUT2D eigenvalue weighted by Crippen LogP contribution is 2.30. The van der Waals surface area contributed by atoms with E-state index < -0.39 is 17.6 Å². The molecule has 0 spiro atoms. The lowest BCUT2D eigenvalue weighted by Gasteiger charge is -2.31. The van der Waals surface area contributed by atoms with Gasteiger partial charge in [0.15, 0.2) is 5.60 Å². The lowest BCUT2D eigenvalue weighted by atomic mass is 9.95. The van der Waals surface area contributed by atoms with E-state index in [1.54, 1.807) is 18.6 Å². The van der Waals surface area contributed by atoms with Crippen LogP contribution in [0.4, 0.5) is 0 Å². The number of nitrogens with one attached hydrogen (secondary N) is 1. The third-order valence-corrected chi connectivity index (χ3v) is 4.70. The average molecular weight is 397 g/mol. The molecule has 0 aliphatic carbocycles. The number of carbonyl (C=O) groups excluding carboxylic acids is 1. The Morgan fingerprint density at radius 3 is 2.52 bits per heavy atom. The van der Waals surface area contributed by atoms with Crippen molar-refractivity contribution < 1.29 is 24.4 Å². The van der Waals surface area contributed by atoms with Crippen LogP contribution in [0.5, 0.6) is 0 Å². The van der Waals surface area contributed by atoms with Crippen LogP contribution in [0.25, 0.3) is 11.3 Å². The number of rotatable bonds is 7. The normalized spacial score (nSPS) is 14.2. The first kappa shape index (κ1) is 20.7. The van der Waals surface area contributed by atoms with E-state index in [4.69, 9.17) is 14.5 Å². The maximum absolute atomic E-state index is 12.2. The van der Waals surface area contributed by atoms with Gasteiger partial charge in [0.2, 0.25) is 0 Å². The second kappa shape index (κ2) is 8.52. The number of aliphatic hydroxyl groups excluding tert-OH is 1. The van der Waals surface area contributed by atoms with Crippen molar-refractivity contribution in [3.8, 4) is 11.3 Å². The van der Waals surface area contributed by atoms with Crippen LogP contribution >= 0.6 is 0 Å². The van der Waals surface area contributed by atoms with E-state index in [1.807, 2.05) is 43.3 Å². The summed E-state index contributed by atoms with van der Waals surface area (Å²) in [4.78, 5) is 16.6. The van der Waals surface area contributed by atoms with Gasteiger partial charge in [0.25, 0.3) is 5.91 Å². The lowest BCUT2D eigenvalue weighted by Crippen LogP contribution is -2.50. The number of aromatic nitrogens is 2. The highest BCUT2D eigenvalue weighted by molar-refractivity contribution is 5.84. The molecule has 8 heteroatoms. The molecule has 0 unspecified atom stereocenters. The molecular weight excluding hydrogens is 374 g/mol. The highest BCUT2D eigenvalue weighted by Gasteiger charge is 2.44. The molecule has 0 saturated carbocycles. The van der Waals surface area contributed by atoms with Gasteiger partial charge in [-0.05, 0) is 38.0 Å². The molecule has 8 nitrogen and oxygen atoms in total. The van der Waals surface area contributed by atoms with E-state index in [9.17, 15) is 9.90 Å². The molecule has 3 rings (SSSR count). The number of carbonyl (C=O) groups is 1. The van der Waals surface area contributed by atoms with E-state index in [0.29, 0.717) is 5.76 Å². The number of nitrogens with zero attached hydrogens (tertiary/aromatic N) is 2. The molecule has 29 heavy (non-hydrogen) atoms. The molecule has 152 valence electrons. The summed E-state index contributed by atoms with van der Waals surface area (Å²) < 4.78 is 10.7. The van der Waals surface area contributed by atoms with Gasteiger partial charge < -0.3 is 14.4 Å². The summed E-state index contributed by atoms with van der Waals surface area (Å²) in [7, 11) is 0. The fourth-order valence-electron chi connectivity index (χ4n) is 2.82. The monoisotopic (exact) mass is 397 g/mol. The van der Waals surface area contributed by atoms with Crippen molar-refractivity contribution in [2.45, 2.75) is 39.1 Å². The maximum atomic E-state index is 12.2. The van der Waals surface area contributed by atoms with E-state index in [1.165, 1.54) is 13.0 Å². The second-order valence-corrected chi connectivity index (χ2v) is 7.02. The zero-order chi connectivity index (χ0) is 21.0. The average Bonchev–Trinajstić information content (AvgIpc) is 3.18. The molecule has 2 aromatic heterocycles. The topological polar surface area (TPSA) is 118 Å². The van der Waals surface area contributed by atoms with E-state index in [2.05, 4.69) is 10.1 Å². The molecule has 2 atom stereocenters. The van der Waals surface area contributed by atoms with Crippen LogP contribution in [-0.2, 0) is 16.1 Å². The van der Waals surface area contributed by atoms with Crippen LogP contribution in [0.3, 0.4) is 0 Å². The SMILES string of the molecule is Cc1ccc(-c2ccc(CO[C@](C)(C(=O)NO)[C@@H](O)c3cc(C)on3)cc2)nc1. The van der Waals surface area contributed by atoms with Crippen molar-refractivity contribution >= 4 is 5.91 Å². The quantitative estimate of drug-likeness (QED) is 0.414. The Hall–Kier alpha value is -3.07. The summed E-state index contributed by atoms with van der Waals surface area (Å²) in [5.41, 5.74) is 3.56. The molecule has 3 N–H and O–H groups in total. The fraction of sp³-hybridized carbons (Fsp3) is 0.286. The van der Waals surface area contributed by atoms with Crippen LogP contribution in [0.2, 0.25) is 0 Å². The van der Waals surface area contributed by atoms with Crippen LogP contribution in [0.15, 0.2) is 53.2 Å². The van der Waals surface area contributed by atoms with Crippen LogP contribution in [0, 0.1) is 13.8 Å². The minimum Gasteiger partial charge on any atom is -0.383 e. The number of hydroxylamine groups is 1. The molecule has 0 aliphatic heterocycles. The Labute approximate surface area is 168 Å². The number of hydrogen-bond acceptors (Lipinski definition) is 7. The van der Waals surface area contributed by atoms with Gasteiger partial charge in [0, 0.05) is 17.8 Å². The molecule has 0 aliphatic rings. The van der Waals surface area contributed by atoms with Crippen LogP contribution in [0.1, 0.15) is 35.6 Å². The number of amides is 1. The Balaban J connectivity index is 1.75. The number of ether oxygens (including phenoxy) is 1. The zero-order valence-electron chi connectivity index (χ0n) is 16.4. The molecular formula is C21H23N3O5. The van der Waals surface area contributed by atoms with Gasteiger partial charge >= 0.3 is 0 Å². The lowest BCUT2D eigenvalue weighted by molar-refractivity contribution is -0.174. The molecule has 3 aromatic rings. The van der Waals surface area contributed by atoms with Crippen molar-refractivity contribution in [1.82, 2.24) is 15.6 Å². The van der Waals surface area contributed by atoms with Gasteiger partial charge in [0.05, 0.1) is 12.3 Å². The summed E-state index contributed by atoms with van der Waals surface area (Å²) in [5.74, 6) is -0.419. The summed E-state index contributed by atoms with van der Waals surface area (Å²) in [6.07, 6.45) is 0.362. The summed E-state index contributed by atoms with van der Waals surface area (Å²) in [5, 5.41) is 23.5. The summed E-state index contributed by atoms with van der Waals surface area (Å²) in [6.45, 7) is 5.04. The van der Waals surface area contributed by atoms with Crippen molar-refractivity contribution in [3.05, 3.63) is 71.2 Å². The highest BCUT2D eigenvalue weighted by atomic mass is 16.5. The van der Waals surface area contributed by atoms with Gasteiger partial charge in [0.1, 0.15) is 17.6 Å². The Bertz CT molecular complexity index is 969. The third-order valence-electron chi connectivity index (χ3n) is 4.70. The van der Waals surface area contributed by atoms with Gasteiger partial charge in [-0.2, -0.15) is 0 Å². The predicted octanol–water partition coefficient (Wildman–Crippen LogP) is 2.87. The van der Waals surface area contributed by atoms with Crippen LogP contribution in [-0.4, -0.2) is 32.0 Å². The Kier molecular flexibility index (Phi) is 6.07. The molecule has 0 fully saturated rings. The third kappa shape index (κ3) is 4.51. The van der Waals surface area contributed by atoms with Crippen molar-refractivity contribution in [2.75, 3.05) is 0 Å². The zero-order valence-corrected chi connectivity index (χ0v) is 16.4.